The van der Waals surface area contributed by atoms with Crippen LogP contribution in [0.5, 0.6) is 0 Å². The minimum atomic E-state index is 0.387. The molecule has 0 saturated carbocycles. The molecular weight excluding hydrogens is 156 g/mol. The normalized spacial score (nSPS) is 29.8. The molecule has 0 heterocycles. The third-order valence-electron chi connectivity index (χ3n) is 3.63. The first-order valence-corrected chi connectivity index (χ1v) is 5.18. The van der Waals surface area contributed by atoms with E-state index in [0.717, 1.165) is 0 Å². The minimum Gasteiger partial charge on any atom is -0.0837 e. The van der Waals surface area contributed by atoms with Crippen LogP contribution in [0.15, 0.2) is 23.8 Å². The number of rotatable bonds is 0. The van der Waals surface area contributed by atoms with Crippen molar-refractivity contribution >= 4 is 0 Å². The van der Waals surface area contributed by atoms with Crippen molar-refractivity contribution in [3.63, 3.8) is 0 Å². The molecule has 13 heavy (non-hydrogen) atoms. The standard InChI is InChI=1S/C13H22/c1-11-7-6-9-13(5,10-8-11)12(2,3)4/h6-8H,9-10H2,1-5H3. The second-order valence-electron chi connectivity index (χ2n) is 5.57. The predicted octanol–water partition coefficient (Wildman–Crippen LogP) is 4.34. The highest BCUT2D eigenvalue weighted by molar-refractivity contribution is 5.20. The lowest BCUT2D eigenvalue weighted by atomic mass is 9.64. The fourth-order valence-electron chi connectivity index (χ4n) is 1.65. The Labute approximate surface area is 82.7 Å². The SMILES string of the molecule is CC1=CCC(C)(C(C)(C)C)CC=C1. The molecule has 0 nitrogen and oxygen atoms in total. The van der Waals surface area contributed by atoms with Gasteiger partial charge >= 0.3 is 0 Å². The highest BCUT2D eigenvalue weighted by atomic mass is 14.4. The van der Waals surface area contributed by atoms with Gasteiger partial charge in [0.2, 0.25) is 0 Å². The summed E-state index contributed by atoms with van der Waals surface area (Å²) in [6, 6.07) is 0. The zero-order chi connectivity index (χ0) is 10.1. The van der Waals surface area contributed by atoms with Crippen LogP contribution in [-0.4, -0.2) is 0 Å². The molecule has 1 aliphatic rings. The largest absolute Gasteiger partial charge is 0.0837 e. The Morgan fingerprint density at radius 2 is 1.85 bits per heavy atom. The van der Waals surface area contributed by atoms with Crippen molar-refractivity contribution in [3.8, 4) is 0 Å². The Balaban J connectivity index is 2.89. The molecule has 74 valence electrons. The summed E-state index contributed by atoms with van der Waals surface area (Å²) in [6.45, 7) is 11.6. The van der Waals surface area contributed by atoms with Gasteiger partial charge in [-0.1, -0.05) is 51.5 Å². The van der Waals surface area contributed by atoms with E-state index < -0.39 is 0 Å². The van der Waals surface area contributed by atoms with Gasteiger partial charge in [-0.2, -0.15) is 0 Å². The van der Waals surface area contributed by atoms with Crippen molar-refractivity contribution in [1.29, 1.82) is 0 Å². The van der Waals surface area contributed by atoms with E-state index in [1.807, 2.05) is 0 Å². The van der Waals surface area contributed by atoms with Gasteiger partial charge in [0.05, 0.1) is 0 Å². The van der Waals surface area contributed by atoms with E-state index in [0.29, 0.717) is 10.8 Å². The van der Waals surface area contributed by atoms with Crippen LogP contribution in [0, 0.1) is 10.8 Å². The molecule has 0 fully saturated rings. The number of hydrogen-bond acceptors (Lipinski definition) is 0. The van der Waals surface area contributed by atoms with Crippen LogP contribution in [0.4, 0.5) is 0 Å². The van der Waals surface area contributed by atoms with Crippen molar-refractivity contribution in [1.82, 2.24) is 0 Å². The molecule has 0 aromatic heterocycles. The molecule has 0 bridgehead atoms. The first kappa shape index (κ1) is 10.6. The number of allylic oxidation sites excluding steroid dienone is 4. The zero-order valence-electron chi connectivity index (χ0n) is 9.65. The van der Waals surface area contributed by atoms with Gasteiger partial charge in [-0.3, -0.25) is 0 Å². The monoisotopic (exact) mass is 178 g/mol. The van der Waals surface area contributed by atoms with Crippen LogP contribution < -0.4 is 0 Å². The maximum atomic E-state index is 2.40. The molecule has 1 rings (SSSR count). The van der Waals surface area contributed by atoms with E-state index in [-0.39, 0.29) is 0 Å². The van der Waals surface area contributed by atoms with Crippen LogP contribution in [-0.2, 0) is 0 Å². The first-order chi connectivity index (χ1) is 5.85. The van der Waals surface area contributed by atoms with Gasteiger partial charge in [0.1, 0.15) is 0 Å². The molecule has 1 unspecified atom stereocenters. The Morgan fingerprint density at radius 1 is 1.23 bits per heavy atom. The van der Waals surface area contributed by atoms with Crippen LogP contribution in [0.2, 0.25) is 0 Å². The smallest absolute Gasteiger partial charge is 0.0208 e. The summed E-state index contributed by atoms with van der Waals surface area (Å²) in [5.74, 6) is 0. The predicted molar refractivity (Wildman–Crippen MR) is 59.7 cm³/mol. The van der Waals surface area contributed by atoms with E-state index >= 15 is 0 Å². The average molecular weight is 178 g/mol. The van der Waals surface area contributed by atoms with Crippen LogP contribution in [0.1, 0.15) is 47.5 Å². The maximum absolute atomic E-state index is 2.40. The molecule has 0 amide bonds. The molecule has 0 aromatic carbocycles. The van der Waals surface area contributed by atoms with Gasteiger partial charge in [0.25, 0.3) is 0 Å². The first-order valence-electron chi connectivity index (χ1n) is 5.18. The summed E-state index contributed by atoms with van der Waals surface area (Å²) in [6.07, 6.45) is 9.34. The summed E-state index contributed by atoms with van der Waals surface area (Å²) in [5.41, 5.74) is 2.22. The minimum absolute atomic E-state index is 0.387. The van der Waals surface area contributed by atoms with Gasteiger partial charge in [-0.25, -0.2) is 0 Å². The Hall–Kier alpha value is -0.520. The fourth-order valence-corrected chi connectivity index (χ4v) is 1.65. The lowest BCUT2D eigenvalue weighted by Gasteiger charge is -2.40. The summed E-state index contributed by atoms with van der Waals surface area (Å²) < 4.78 is 0. The van der Waals surface area contributed by atoms with E-state index in [4.69, 9.17) is 0 Å². The van der Waals surface area contributed by atoms with E-state index in [1.165, 1.54) is 18.4 Å². The van der Waals surface area contributed by atoms with Gasteiger partial charge < -0.3 is 0 Å². The Morgan fingerprint density at radius 3 is 2.38 bits per heavy atom. The highest BCUT2D eigenvalue weighted by Crippen LogP contribution is 2.45. The van der Waals surface area contributed by atoms with Gasteiger partial charge in [0.15, 0.2) is 0 Å². The molecule has 0 saturated heterocycles. The van der Waals surface area contributed by atoms with E-state index in [9.17, 15) is 0 Å². The Kier molecular flexibility index (Phi) is 2.70. The molecular formula is C13H22. The molecule has 0 N–H and O–H groups in total. The lowest BCUT2D eigenvalue weighted by Crippen LogP contribution is -2.31. The molecule has 0 spiro atoms. The third-order valence-corrected chi connectivity index (χ3v) is 3.63. The summed E-state index contributed by atoms with van der Waals surface area (Å²) in [4.78, 5) is 0. The van der Waals surface area contributed by atoms with Gasteiger partial charge in [-0.15, -0.1) is 0 Å². The van der Waals surface area contributed by atoms with Crippen molar-refractivity contribution in [2.24, 2.45) is 10.8 Å². The summed E-state index contributed by atoms with van der Waals surface area (Å²) >= 11 is 0. The van der Waals surface area contributed by atoms with Crippen molar-refractivity contribution in [2.75, 3.05) is 0 Å². The van der Waals surface area contributed by atoms with Crippen molar-refractivity contribution in [3.05, 3.63) is 23.8 Å². The highest BCUT2D eigenvalue weighted by Gasteiger charge is 2.35. The number of hydrogen-bond donors (Lipinski definition) is 0. The zero-order valence-corrected chi connectivity index (χ0v) is 9.65. The molecule has 1 aliphatic carbocycles. The lowest BCUT2D eigenvalue weighted by molar-refractivity contribution is 0.115. The fraction of sp³-hybridized carbons (Fsp3) is 0.692. The van der Waals surface area contributed by atoms with Crippen LogP contribution in [0.25, 0.3) is 0 Å². The van der Waals surface area contributed by atoms with E-state index in [1.54, 1.807) is 0 Å². The molecule has 1 atom stereocenters. The second-order valence-corrected chi connectivity index (χ2v) is 5.57. The average Bonchev–Trinajstić information content (AvgIpc) is 2.13. The molecule has 0 heteroatoms. The quantitative estimate of drug-likeness (QED) is 0.518. The van der Waals surface area contributed by atoms with Crippen molar-refractivity contribution < 1.29 is 0 Å². The van der Waals surface area contributed by atoms with E-state index in [2.05, 4.69) is 52.8 Å². The third kappa shape index (κ3) is 2.24. The van der Waals surface area contributed by atoms with Crippen LogP contribution >= 0.6 is 0 Å². The summed E-state index contributed by atoms with van der Waals surface area (Å²) in [5, 5.41) is 0. The molecule has 0 radical (unpaired) electrons. The maximum Gasteiger partial charge on any atom is -0.0208 e. The molecule has 0 aromatic rings. The summed E-state index contributed by atoms with van der Waals surface area (Å²) in [7, 11) is 0. The van der Waals surface area contributed by atoms with Gasteiger partial charge in [-0.05, 0) is 30.6 Å². The molecule has 0 aliphatic heterocycles. The van der Waals surface area contributed by atoms with Crippen molar-refractivity contribution in [2.45, 2.75) is 47.5 Å². The Bertz CT molecular complexity index is 237. The van der Waals surface area contributed by atoms with Gasteiger partial charge in [0, 0.05) is 0 Å². The van der Waals surface area contributed by atoms with Crippen LogP contribution in [0.3, 0.4) is 0 Å². The topological polar surface area (TPSA) is 0 Å². The second kappa shape index (κ2) is 3.32.